The molecule has 5 aliphatic rings. The Balaban J connectivity index is 0.000000239. The van der Waals surface area contributed by atoms with Gasteiger partial charge in [0.2, 0.25) is 0 Å². The summed E-state index contributed by atoms with van der Waals surface area (Å²) in [4.78, 5) is 5.17. The highest BCUT2D eigenvalue weighted by atomic mass is 32.1. The van der Waals surface area contributed by atoms with E-state index in [0.29, 0.717) is 29.6 Å². The van der Waals surface area contributed by atoms with Crippen LogP contribution in [0.1, 0.15) is 340 Å². The number of hydrogen-bond acceptors (Lipinski definition) is 5. The molecule has 0 amide bonds. The summed E-state index contributed by atoms with van der Waals surface area (Å²) in [6, 6.07) is 89.8. The van der Waals surface area contributed by atoms with E-state index in [0.717, 1.165) is 56.6 Å². The average Bonchev–Trinajstić information content (AvgIpc) is 0.851. The third-order valence-electron chi connectivity index (χ3n) is 25.8. The highest BCUT2D eigenvalue weighted by molar-refractivity contribution is 7.81. The molecule has 0 radical (unpaired) electrons. The van der Waals surface area contributed by atoms with Crippen LogP contribution in [0.3, 0.4) is 0 Å². The predicted octanol–water partition coefficient (Wildman–Crippen LogP) is 36.1. The van der Waals surface area contributed by atoms with E-state index in [1.54, 1.807) is 0 Å². The molecular weight excluding hydrogens is 1640 g/mol. The van der Waals surface area contributed by atoms with E-state index in [2.05, 4.69) is 371 Å². The first kappa shape index (κ1) is 106. The van der Waals surface area contributed by atoms with E-state index in [1.165, 1.54) is 304 Å². The standard InChI is InChI=1S/5C23H28S.5FH/c5*1-2-3-4-5-18-6-8-19(9-7-18)20-10-12-21(13-11-20)22-14-16-23(24)17-15-22;;;;;/h5*6-9,12,14-17,20,24H,2-5,10-11,13H2,1H3;5*1H. The average molecular weight is 1780 g/mol. The summed E-state index contributed by atoms with van der Waals surface area (Å²) >= 11 is 21.9. The summed E-state index contributed by atoms with van der Waals surface area (Å²) < 4.78 is 0. The van der Waals surface area contributed by atoms with Crippen LogP contribution in [0.25, 0.3) is 27.9 Å². The first-order valence-corrected chi connectivity index (χ1v) is 48.9. The first-order chi connectivity index (χ1) is 58.8. The molecule has 0 fully saturated rings. The summed E-state index contributed by atoms with van der Waals surface area (Å²) in [5.74, 6) is 3.41. The van der Waals surface area contributed by atoms with Gasteiger partial charge in [0.25, 0.3) is 0 Å². The van der Waals surface area contributed by atoms with Crippen molar-refractivity contribution in [2.45, 2.75) is 313 Å². The van der Waals surface area contributed by atoms with Crippen molar-refractivity contribution in [1.82, 2.24) is 0 Å². The van der Waals surface area contributed by atoms with E-state index < -0.39 is 0 Å². The second-order valence-corrected chi connectivity index (χ2v) is 37.3. The van der Waals surface area contributed by atoms with E-state index in [-0.39, 0.29) is 23.5 Å². The zero-order valence-corrected chi connectivity index (χ0v) is 79.9. The molecule has 670 valence electrons. The number of hydrogen-bond donors (Lipinski definition) is 5. The third-order valence-corrected chi connectivity index (χ3v) is 27.3. The fraction of sp³-hybridized carbons (Fsp3) is 0.391. The first-order valence-electron chi connectivity index (χ1n) is 46.7. The molecule has 10 aromatic carbocycles. The maximum absolute atomic E-state index is 4.37. The maximum Gasteiger partial charge on any atom is 0.00403 e. The molecule has 5 unspecified atom stereocenters. The van der Waals surface area contributed by atoms with Crippen LogP contribution >= 0.6 is 63.1 Å². The van der Waals surface area contributed by atoms with Crippen molar-refractivity contribution in [2.24, 2.45) is 0 Å². The van der Waals surface area contributed by atoms with Gasteiger partial charge in [-0.05, 0) is 362 Å². The van der Waals surface area contributed by atoms with Gasteiger partial charge >= 0.3 is 0 Å². The normalized spacial score (nSPS) is 16.9. The number of unbranched alkanes of at least 4 members (excludes halogenated alkanes) is 10. The minimum Gasteiger partial charge on any atom is -0.269 e. The number of aryl methyl sites for hydroxylation is 5. The highest BCUT2D eigenvalue weighted by Crippen LogP contribution is 2.42. The molecule has 15 rings (SSSR count). The van der Waals surface area contributed by atoms with Gasteiger partial charge in [-0.15, -0.1) is 63.1 Å². The van der Waals surface area contributed by atoms with Crippen molar-refractivity contribution in [2.75, 3.05) is 0 Å². The Labute approximate surface area is 778 Å². The van der Waals surface area contributed by atoms with Crippen molar-refractivity contribution < 1.29 is 23.5 Å². The lowest BCUT2D eigenvalue weighted by Crippen LogP contribution is -2.04. The molecule has 0 saturated heterocycles. The molecule has 0 nitrogen and oxygen atoms in total. The van der Waals surface area contributed by atoms with Crippen molar-refractivity contribution >= 4 is 91.0 Å². The molecule has 5 aliphatic carbocycles. The number of benzene rings is 10. The third kappa shape index (κ3) is 35.4. The molecular formula is C115H145F5S5. The second kappa shape index (κ2) is 58.7. The van der Waals surface area contributed by atoms with Crippen LogP contribution in [0.5, 0.6) is 0 Å². The zero-order valence-electron chi connectivity index (χ0n) is 75.4. The number of allylic oxidation sites excluding steroid dienone is 10. The predicted molar refractivity (Wildman–Crippen MR) is 552 cm³/mol. The van der Waals surface area contributed by atoms with Crippen molar-refractivity contribution in [3.05, 3.63) is 356 Å². The van der Waals surface area contributed by atoms with Gasteiger partial charge in [0.05, 0.1) is 0 Å². The monoisotopic (exact) mass is 1780 g/mol. The Kier molecular flexibility index (Phi) is 49.8. The van der Waals surface area contributed by atoms with E-state index >= 15 is 0 Å². The van der Waals surface area contributed by atoms with Gasteiger partial charge in [0, 0.05) is 24.5 Å². The summed E-state index contributed by atoms with van der Waals surface area (Å²) in [5, 5.41) is 0. The molecule has 0 N–H and O–H groups in total. The summed E-state index contributed by atoms with van der Waals surface area (Å²) in [5.41, 5.74) is 29.3. The largest absolute Gasteiger partial charge is 0.269 e. The van der Waals surface area contributed by atoms with Gasteiger partial charge in [0.15, 0.2) is 0 Å². The zero-order chi connectivity index (χ0) is 83.9. The molecule has 0 aliphatic heterocycles. The van der Waals surface area contributed by atoms with Crippen molar-refractivity contribution in [1.29, 1.82) is 0 Å². The summed E-state index contributed by atoms with van der Waals surface area (Å²) in [6.07, 6.45) is 56.0. The fourth-order valence-electron chi connectivity index (χ4n) is 18.1. The topological polar surface area (TPSA) is 0 Å². The number of halogens is 5. The van der Waals surface area contributed by atoms with E-state index in [4.69, 9.17) is 0 Å². The van der Waals surface area contributed by atoms with Gasteiger partial charge in [0.1, 0.15) is 0 Å². The molecule has 0 saturated carbocycles. The Morgan fingerprint density at radius 1 is 0.192 bits per heavy atom. The molecule has 0 heterocycles. The molecule has 10 heteroatoms. The Bertz CT molecular complexity index is 4070. The lowest BCUT2D eigenvalue weighted by Gasteiger charge is -2.23. The molecule has 0 bridgehead atoms. The Hall–Kier alpha value is -7.70. The van der Waals surface area contributed by atoms with Crippen LogP contribution in [0, 0.1) is 0 Å². The molecule has 10 aromatic rings. The molecule has 125 heavy (non-hydrogen) atoms. The summed E-state index contributed by atoms with van der Waals surface area (Å²) in [7, 11) is 0. The molecule has 0 aromatic heterocycles. The van der Waals surface area contributed by atoms with Gasteiger partial charge in [-0.3, -0.25) is 23.5 Å². The quantitative estimate of drug-likeness (QED) is 0.0165. The fourth-order valence-corrected chi connectivity index (χ4v) is 18.8. The van der Waals surface area contributed by atoms with E-state index in [1.807, 2.05) is 0 Å². The lowest BCUT2D eigenvalue weighted by atomic mass is 9.82. The SMILES string of the molecule is CCCCCc1ccc(C2CC=C(c3ccc(S)cc3)CC2)cc1.CCCCCc1ccc(C2CC=C(c3ccc(S)cc3)CC2)cc1.CCCCCc1ccc(C2CC=C(c3ccc(S)cc3)CC2)cc1.CCCCCc1ccc(C2CC=C(c3ccc(S)cc3)CC2)cc1.CCCCCc1ccc(C2CC=C(c3ccc(S)cc3)CC2)cc1.F.F.F.F.F. The van der Waals surface area contributed by atoms with Gasteiger partial charge in [-0.2, -0.15) is 0 Å². The van der Waals surface area contributed by atoms with Crippen LogP contribution < -0.4 is 0 Å². The minimum atomic E-state index is 0. The Morgan fingerprint density at radius 3 is 0.456 bits per heavy atom. The van der Waals surface area contributed by atoms with Crippen LogP contribution in [0.15, 0.2) is 298 Å². The summed E-state index contributed by atoms with van der Waals surface area (Å²) in [6.45, 7) is 11.3. The second-order valence-electron chi connectivity index (χ2n) is 34.7. The van der Waals surface area contributed by atoms with Crippen molar-refractivity contribution in [3.8, 4) is 0 Å². The maximum atomic E-state index is 4.37. The highest BCUT2D eigenvalue weighted by Gasteiger charge is 2.23. The van der Waals surface area contributed by atoms with Gasteiger partial charge in [-0.25, -0.2) is 0 Å². The van der Waals surface area contributed by atoms with Crippen LogP contribution in [0.2, 0.25) is 0 Å². The molecule has 0 spiro atoms. The van der Waals surface area contributed by atoms with Crippen molar-refractivity contribution in [3.63, 3.8) is 0 Å². The van der Waals surface area contributed by atoms with Crippen LogP contribution in [0.4, 0.5) is 23.5 Å². The lowest BCUT2D eigenvalue weighted by molar-refractivity contribution is 0.625. The Morgan fingerprint density at radius 2 is 0.336 bits per heavy atom. The van der Waals surface area contributed by atoms with Gasteiger partial charge in [-0.1, -0.05) is 311 Å². The minimum absolute atomic E-state index is 0. The molecule has 5 atom stereocenters. The van der Waals surface area contributed by atoms with Gasteiger partial charge < -0.3 is 0 Å². The van der Waals surface area contributed by atoms with E-state index in [9.17, 15) is 0 Å². The van der Waals surface area contributed by atoms with Crippen LogP contribution in [-0.2, 0) is 32.1 Å². The number of thiol groups is 5. The smallest absolute Gasteiger partial charge is 0.00403 e. The van der Waals surface area contributed by atoms with Crippen LogP contribution in [-0.4, -0.2) is 0 Å². The number of rotatable bonds is 30.